The molecule has 0 heterocycles. The van der Waals surface area contributed by atoms with Crippen molar-refractivity contribution in [3.63, 3.8) is 0 Å². The largest absolute Gasteiger partial charge is 0.478 e. The molecule has 0 fully saturated rings. The summed E-state index contributed by atoms with van der Waals surface area (Å²) < 4.78 is 31.5. The van der Waals surface area contributed by atoms with Crippen molar-refractivity contribution in [2.75, 3.05) is 6.73 Å². The molecule has 6 heteroatoms. The van der Waals surface area contributed by atoms with Gasteiger partial charge in [0.05, 0.1) is 0 Å². The SMILES string of the molecule is NCOc1ccc(-c2ccc(F)cc2F)cc1C(=O)O. The van der Waals surface area contributed by atoms with Crippen LogP contribution < -0.4 is 10.5 Å². The lowest BCUT2D eigenvalue weighted by atomic mass is 10.0. The van der Waals surface area contributed by atoms with Gasteiger partial charge in [-0.1, -0.05) is 6.07 Å². The van der Waals surface area contributed by atoms with E-state index in [1.54, 1.807) is 0 Å². The monoisotopic (exact) mass is 279 g/mol. The van der Waals surface area contributed by atoms with Crippen LogP contribution in [0.5, 0.6) is 5.75 Å². The molecule has 0 atom stereocenters. The smallest absolute Gasteiger partial charge is 0.339 e. The highest BCUT2D eigenvalue weighted by Gasteiger charge is 2.14. The molecule has 0 unspecified atom stereocenters. The van der Waals surface area contributed by atoms with Gasteiger partial charge >= 0.3 is 5.97 Å². The Labute approximate surface area is 113 Å². The van der Waals surface area contributed by atoms with Crippen LogP contribution in [0.15, 0.2) is 36.4 Å². The van der Waals surface area contributed by atoms with Gasteiger partial charge in [-0.15, -0.1) is 0 Å². The van der Waals surface area contributed by atoms with Crippen LogP contribution in [0.25, 0.3) is 11.1 Å². The first kappa shape index (κ1) is 14.0. The Kier molecular flexibility index (Phi) is 3.95. The van der Waals surface area contributed by atoms with Crippen LogP contribution in [0.4, 0.5) is 8.78 Å². The maximum Gasteiger partial charge on any atom is 0.339 e. The molecule has 0 aliphatic heterocycles. The number of aromatic carboxylic acids is 1. The molecule has 0 saturated heterocycles. The van der Waals surface area contributed by atoms with E-state index < -0.39 is 17.6 Å². The van der Waals surface area contributed by atoms with E-state index in [0.717, 1.165) is 12.1 Å². The molecule has 2 rings (SSSR count). The van der Waals surface area contributed by atoms with Gasteiger partial charge in [-0.2, -0.15) is 0 Å². The molecule has 0 radical (unpaired) electrons. The van der Waals surface area contributed by atoms with Gasteiger partial charge in [-0.05, 0) is 29.8 Å². The minimum atomic E-state index is -1.22. The number of carboxylic acid groups (broad SMARTS) is 1. The molecular weight excluding hydrogens is 268 g/mol. The van der Waals surface area contributed by atoms with E-state index in [1.807, 2.05) is 0 Å². The second-order valence-electron chi connectivity index (χ2n) is 3.95. The zero-order chi connectivity index (χ0) is 14.7. The van der Waals surface area contributed by atoms with Gasteiger partial charge in [0.2, 0.25) is 0 Å². The minimum Gasteiger partial charge on any atom is -0.478 e. The zero-order valence-electron chi connectivity index (χ0n) is 10.3. The third kappa shape index (κ3) is 2.75. The second kappa shape index (κ2) is 5.66. The third-order valence-corrected chi connectivity index (χ3v) is 2.69. The Morgan fingerprint density at radius 3 is 2.55 bits per heavy atom. The molecule has 104 valence electrons. The van der Waals surface area contributed by atoms with E-state index in [2.05, 4.69) is 0 Å². The quantitative estimate of drug-likeness (QED) is 0.844. The molecule has 0 bridgehead atoms. The van der Waals surface area contributed by atoms with Crippen LogP contribution in [-0.4, -0.2) is 17.8 Å². The van der Waals surface area contributed by atoms with Gasteiger partial charge in [0.15, 0.2) is 0 Å². The predicted octanol–water partition coefficient (Wildman–Crippen LogP) is 2.62. The summed E-state index contributed by atoms with van der Waals surface area (Å²) in [4.78, 5) is 11.1. The molecule has 2 aromatic rings. The lowest BCUT2D eigenvalue weighted by Crippen LogP contribution is -2.10. The average Bonchev–Trinajstić information content (AvgIpc) is 2.39. The highest BCUT2D eigenvalue weighted by molar-refractivity contribution is 5.92. The highest BCUT2D eigenvalue weighted by atomic mass is 19.1. The van der Waals surface area contributed by atoms with Gasteiger partial charge in [-0.25, -0.2) is 13.6 Å². The van der Waals surface area contributed by atoms with Crippen molar-refractivity contribution in [1.82, 2.24) is 0 Å². The highest BCUT2D eigenvalue weighted by Crippen LogP contribution is 2.28. The minimum absolute atomic E-state index is 0.0891. The number of halogens is 2. The van der Waals surface area contributed by atoms with Crippen LogP contribution in [0.3, 0.4) is 0 Å². The summed E-state index contributed by atoms with van der Waals surface area (Å²) in [5, 5.41) is 9.10. The fraction of sp³-hybridized carbons (Fsp3) is 0.0714. The normalized spacial score (nSPS) is 10.3. The molecule has 0 aliphatic rings. The van der Waals surface area contributed by atoms with Crippen molar-refractivity contribution < 1.29 is 23.4 Å². The Morgan fingerprint density at radius 1 is 1.20 bits per heavy atom. The maximum atomic E-state index is 13.7. The summed E-state index contributed by atoms with van der Waals surface area (Å²) in [5.74, 6) is -2.61. The Balaban J connectivity index is 2.53. The molecule has 4 nitrogen and oxygen atoms in total. The lowest BCUT2D eigenvalue weighted by molar-refractivity contribution is 0.0692. The van der Waals surface area contributed by atoms with E-state index in [4.69, 9.17) is 15.6 Å². The maximum absolute atomic E-state index is 13.7. The van der Waals surface area contributed by atoms with Crippen LogP contribution in [-0.2, 0) is 0 Å². The molecular formula is C14H11F2NO3. The van der Waals surface area contributed by atoms with E-state index >= 15 is 0 Å². The number of carboxylic acids is 1. The van der Waals surface area contributed by atoms with E-state index in [1.165, 1.54) is 24.3 Å². The third-order valence-electron chi connectivity index (χ3n) is 2.69. The van der Waals surface area contributed by atoms with Crippen molar-refractivity contribution in [2.24, 2.45) is 5.73 Å². The number of rotatable bonds is 4. The first-order valence-electron chi connectivity index (χ1n) is 5.68. The molecule has 0 spiro atoms. The molecule has 3 N–H and O–H groups in total. The molecule has 0 aliphatic carbocycles. The first-order valence-corrected chi connectivity index (χ1v) is 5.68. The number of hydrogen-bond acceptors (Lipinski definition) is 3. The first-order chi connectivity index (χ1) is 9.52. The van der Waals surface area contributed by atoms with Crippen molar-refractivity contribution in [3.8, 4) is 16.9 Å². The number of hydrogen-bond donors (Lipinski definition) is 2. The fourth-order valence-electron chi connectivity index (χ4n) is 1.80. The number of nitrogens with two attached hydrogens (primary N) is 1. The predicted molar refractivity (Wildman–Crippen MR) is 68.4 cm³/mol. The Bertz CT molecular complexity index is 659. The van der Waals surface area contributed by atoms with Crippen LogP contribution in [0.2, 0.25) is 0 Å². The molecule has 2 aromatic carbocycles. The van der Waals surface area contributed by atoms with Gasteiger partial charge in [-0.3, -0.25) is 5.73 Å². The van der Waals surface area contributed by atoms with Gasteiger partial charge in [0, 0.05) is 11.6 Å². The topological polar surface area (TPSA) is 72.5 Å². The van der Waals surface area contributed by atoms with E-state index in [9.17, 15) is 13.6 Å². The summed E-state index contributed by atoms with van der Waals surface area (Å²) in [6.45, 7) is -0.176. The summed E-state index contributed by atoms with van der Waals surface area (Å²) in [5.41, 5.74) is 5.48. The van der Waals surface area contributed by atoms with Gasteiger partial charge in [0.1, 0.15) is 29.7 Å². The van der Waals surface area contributed by atoms with Crippen molar-refractivity contribution in [2.45, 2.75) is 0 Å². The Morgan fingerprint density at radius 2 is 1.95 bits per heavy atom. The Hall–Kier alpha value is -2.47. The molecule has 0 amide bonds. The summed E-state index contributed by atoms with van der Waals surface area (Å²) in [6, 6.07) is 7.20. The number of benzene rings is 2. The molecule has 0 saturated carbocycles. The van der Waals surface area contributed by atoms with Crippen LogP contribution >= 0.6 is 0 Å². The van der Waals surface area contributed by atoms with Crippen molar-refractivity contribution in [1.29, 1.82) is 0 Å². The standard InChI is InChI=1S/C14H11F2NO3/c15-9-2-3-10(12(16)6-9)8-1-4-13(20-7-17)11(5-8)14(18)19/h1-6H,7,17H2,(H,18,19). The van der Waals surface area contributed by atoms with Crippen molar-refractivity contribution >= 4 is 5.97 Å². The van der Waals surface area contributed by atoms with E-state index in [0.29, 0.717) is 5.56 Å². The van der Waals surface area contributed by atoms with E-state index in [-0.39, 0.29) is 23.6 Å². The summed E-state index contributed by atoms with van der Waals surface area (Å²) in [7, 11) is 0. The number of ether oxygens (including phenoxy) is 1. The lowest BCUT2D eigenvalue weighted by Gasteiger charge is -2.10. The summed E-state index contributed by atoms with van der Waals surface area (Å²) >= 11 is 0. The van der Waals surface area contributed by atoms with Gasteiger partial charge < -0.3 is 9.84 Å². The molecule has 20 heavy (non-hydrogen) atoms. The zero-order valence-corrected chi connectivity index (χ0v) is 10.3. The van der Waals surface area contributed by atoms with Crippen LogP contribution in [0.1, 0.15) is 10.4 Å². The molecule has 0 aromatic heterocycles. The summed E-state index contributed by atoms with van der Waals surface area (Å²) in [6.07, 6.45) is 0. The number of carbonyl (C=O) groups is 1. The second-order valence-corrected chi connectivity index (χ2v) is 3.95. The average molecular weight is 279 g/mol. The van der Waals surface area contributed by atoms with Crippen LogP contribution in [0, 0.1) is 11.6 Å². The van der Waals surface area contributed by atoms with Crippen molar-refractivity contribution in [3.05, 3.63) is 53.6 Å². The van der Waals surface area contributed by atoms with Gasteiger partial charge in [0.25, 0.3) is 0 Å². The fourth-order valence-corrected chi connectivity index (χ4v) is 1.80.